The Morgan fingerprint density at radius 3 is 2.61 bits per heavy atom. The van der Waals surface area contributed by atoms with Crippen molar-refractivity contribution >= 4 is 5.91 Å². The highest BCUT2D eigenvalue weighted by atomic mass is 16.5. The monoisotopic (exact) mass is 325 g/mol. The quantitative estimate of drug-likeness (QED) is 0.731. The number of carbonyl (C=O) groups excluding carboxylic acids is 1. The third kappa shape index (κ3) is 5.01. The number of rotatable bonds is 5. The van der Waals surface area contributed by atoms with Crippen LogP contribution in [-0.4, -0.2) is 97.9 Å². The molecule has 1 aliphatic carbocycles. The Morgan fingerprint density at radius 2 is 1.96 bits per heavy atom. The summed E-state index contributed by atoms with van der Waals surface area (Å²) in [5.41, 5.74) is 0. The number of amides is 1. The van der Waals surface area contributed by atoms with Gasteiger partial charge < -0.3 is 19.6 Å². The van der Waals surface area contributed by atoms with Crippen LogP contribution in [0, 0.1) is 0 Å². The standard InChI is InChI=1S/C17H31N3O3/c1-18(2)9-5-8-16(21)19(3)14-6-4-7-15(17(14)22)20-10-12-23-13-11-20/h5,8,14-15,17,22H,4,6-7,9-13H2,1-3H3/b8-5+/t14-,15-,17-/m1/s1. The first-order valence-corrected chi connectivity index (χ1v) is 8.58. The van der Waals surface area contributed by atoms with Gasteiger partial charge in [0.05, 0.1) is 25.4 Å². The van der Waals surface area contributed by atoms with Gasteiger partial charge in [0, 0.05) is 38.8 Å². The van der Waals surface area contributed by atoms with Crippen molar-refractivity contribution in [1.29, 1.82) is 0 Å². The van der Waals surface area contributed by atoms with Crippen LogP contribution in [0.3, 0.4) is 0 Å². The summed E-state index contributed by atoms with van der Waals surface area (Å²) < 4.78 is 5.40. The molecule has 23 heavy (non-hydrogen) atoms. The fourth-order valence-electron chi connectivity index (χ4n) is 3.51. The SMILES string of the molecule is CN(C)C/C=C/C(=O)N(C)[C@@H]1CCC[C@@H](N2CCOCC2)[C@@H]1O. The van der Waals surface area contributed by atoms with Crippen molar-refractivity contribution in [2.45, 2.75) is 37.5 Å². The van der Waals surface area contributed by atoms with E-state index < -0.39 is 6.10 Å². The number of hydrogen-bond acceptors (Lipinski definition) is 5. The summed E-state index contributed by atoms with van der Waals surface area (Å²) >= 11 is 0. The number of carbonyl (C=O) groups is 1. The van der Waals surface area contributed by atoms with E-state index in [1.165, 1.54) is 0 Å². The zero-order valence-corrected chi connectivity index (χ0v) is 14.6. The van der Waals surface area contributed by atoms with E-state index in [9.17, 15) is 9.90 Å². The maximum Gasteiger partial charge on any atom is 0.246 e. The second-order valence-electron chi connectivity index (χ2n) is 6.82. The maximum absolute atomic E-state index is 12.3. The van der Waals surface area contributed by atoms with Gasteiger partial charge in [0.2, 0.25) is 5.91 Å². The van der Waals surface area contributed by atoms with Gasteiger partial charge in [-0.15, -0.1) is 0 Å². The van der Waals surface area contributed by atoms with Crippen LogP contribution in [0.4, 0.5) is 0 Å². The molecular weight excluding hydrogens is 294 g/mol. The topological polar surface area (TPSA) is 56.3 Å². The molecule has 1 amide bonds. The normalized spacial score (nSPS) is 30.0. The zero-order valence-electron chi connectivity index (χ0n) is 14.6. The highest BCUT2D eigenvalue weighted by Gasteiger charge is 2.38. The van der Waals surface area contributed by atoms with E-state index in [1.54, 1.807) is 18.0 Å². The number of ether oxygens (including phenoxy) is 1. The highest BCUT2D eigenvalue weighted by molar-refractivity contribution is 5.87. The van der Waals surface area contributed by atoms with Crippen LogP contribution in [0.5, 0.6) is 0 Å². The van der Waals surface area contributed by atoms with E-state index in [0.717, 1.165) is 52.1 Å². The minimum Gasteiger partial charge on any atom is -0.389 e. The van der Waals surface area contributed by atoms with Crippen molar-refractivity contribution in [2.75, 3.05) is 54.0 Å². The molecule has 2 rings (SSSR count). The molecule has 1 saturated carbocycles. The summed E-state index contributed by atoms with van der Waals surface area (Å²) in [7, 11) is 5.74. The Kier molecular flexibility index (Phi) is 7.02. The fourth-order valence-corrected chi connectivity index (χ4v) is 3.51. The van der Waals surface area contributed by atoms with Crippen LogP contribution in [-0.2, 0) is 9.53 Å². The van der Waals surface area contributed by atoms with Crippen LogP contribution >= 0.6 is 0 Å². The number of aliphatic hydroxyl groups is 1. The molecule has 0 aromatic rings. The molecule has 1 N–H and O–H groups in total. The first kappa shape index (κ1) is 18.4. The van der Waals surface area contributed by atoms with Crippen LogP contribution < -0.4 is 0 Å². The molecule has 0 bridgehead atoms. The highest BCUT2D eigenvalue weighted by Crippen LogP contribution is 2.27. The van der Waals surface area contributed by atoms with Gasteiger partial charge >= 0.3 is 0 Å². The lowest BCUT2D eigenvalue weighted by atomic mass is 9.86. The minimum absolute atomic E-state index is 0.0291. The average Bonchev–Trinajstić information content (AvgIpc) is 2.55. The summed E-state index contributed by atoms with van der Waals surface area (Å²) in [6, 6.07) is 0.0340. The second kappa shape index (κ2) is 8.78. The molecule has 0 unspecified atom stereocenters. The number of morpholine rings is 1. The molecule has 1 saturated heterocycles. The largest absolute Gasteiger partial charge is 0.389 e. The first-order valence-electron chi connectivity index (χ1n) is 8.58. The molecule has 1 aliphatic heterocycles. The van der Waals surface area contributed by atoms with E-state index in [-0.39, 0.29) is 18.0 Å². The number of nitrogens with zero attached hydrogens (tertiary/aromatic N) is 3. The van der Waals surface area contributed by atoms with Gasteiger partial charge in [0.15, 0.2) is 0 Å². The Morgan fingerprint density at radius 1 is 1.26 bits per heavy atom. The number of hydrogen-bond donors (Lipinski definition) is 1. The summed E-state index contributed by atoms with van der Waals surface area (Å²) in [5.74, 6) is -0.0291. The molecule has 0 radical (unpaired) electrons. The minimum atomic E-state index is -0.488. The average molecular weight is 325 g/mol. The van der Waals surface area contributed by atoms with Crippen molar-refractivity contribution in [2.24, 2.45) is 0 Å². The van der Waals surface area contributed by atoms with E-state index in [1.807, 2.05) is 25.1 Å². The predicted octanol–water partition coefficient (Wildman–Crippen LogP) is 0.177. The summed E-state index contributed by atoms with van der Waals surface area (Å²) in [5, 5.41) is 10.8. The van der Waals surface area contributed by atoms with Gasteiger partial charge in [-0.2, -0.15) is 0 Å². The molecule has 0 aromatic heterocycles. The molecule has 132 valence electrons. The molecule has 0 spiro atoms. The first-order chi connectivity index (χ1) is 11.0. The lowest BCUT2D eigenvalue weighted by molar-refractivity contribution is -0.133. The lowest BCUT2D eigenvalue weighted by Crippen LogP contribution is -2.58. The van der Waals surface area contributed by atoms with Crippen LogP contribution in [0.25, 0.3) is 0 Å². The molecule has 1 heterocycles. The van der Waals surface area contributed by atoms with Crippen molar-refractivity contribution < 1.29 is 14.6 Å². The predicted molar refractivity (Wildman–Crippen MR) is 90.3 cm³/mol. The van der Waals surface area contributed by atoms with Crippen molar-refractivity contribution in [1.82, 2.24) is 14.7 Å². The van der Waals surface area contributed by atoms with Gasteiger partial charge in [-0.1, -0.05) is 6.08 Å². The van der Waals surface area contributed by atoms with Gasteiger partial charge in [-0.25, -0.2) is 0 Å². The van der Waals surface area contributed by atoms with E-state index in [0.29, 0.717) is 0 Å². The summed E-state index contributed by atoms with van der Waals surface area (Å²) in [6.07, 6.45) is 5.90. The molecule has 2 fully saturated rings. The molecular formula is C17H31N3O3. The Hall–Kier alpha value is -0.950. The number of aliphatic hydroxyl groups excluding tert-OH is 1. The van der Waals surface area contributed by atoms with Gasteiger partial charge in [-0.3, -0.25) is 9.69 Å². The van der Waals surface area contributed by atoms with Crippen LogP contribution in [0.1, 0.15) is 19.3 Å². The Labute approximate surface area is 139 Å². The van der Waals surface area contributed by atoms with Crippen molar-refractivity contribution in [3.05, 3.63) is 12.2 Å². The lowest BCUT2D eigenvalue weighted by Gasteiger charge is -2.45. The molecule has 2 aliphatic rings. The van der Waals surface area contributed by atoms with Gasteiger partial charge in [0.1, 0.15) is 0 Å². The summed E-state index contributed by atoms with van der Waals surface area (Å²) in [4.78, 5) is 18.4. The van der Waals surface area contributed by atoms with Crippen molar-refractivity contribution in [3.63, 3.8) is 0 Å². The Balaban J connectivity index is 1.94. The van der Waals surface area contributed by atoms with E-state index in [4.69, 9.17) is 4.74 Å². The van der Waals surface area contributed by atoms with E-state index >= 15 is 0 Å². The number of likely N-dealkylation sites (N-methyl/N-ethyl adjacent to an activating group) is 2. The zero-order chi connectivity index (χ0) is 16.8. The van der Waals surface area contributed by atoms with E-state index in [2.05, 4.69) is 4.90 Å². The molecule has 3 atom stereocenters. The molecule has 6 nitrogen and oxygen atoms in total. The Bertz CT molecular complexity index is 408. The molecule has 6 heteroatoms. The smallest absolute Gasteiger partial charge is 0.246 e. The van der Waals surface area contributed by atoms with Gasteiger partial charge in [0.25, 0.3) is 0 Å². The second-order valence-corrected chi connectivity index (χ2v) is 6.82. The fraction of sp³-hybridized carbons (Fsp3) is 0.824. The third-order valence-electron chi connectivity index (χ3n) is 4.88. The van der Waals surface area contributed by atoms with Crippen LogP contribution in [0.2, 0.25) is 0 Å². The molecule has 0 aromatic carbocycles. The third-order valence-corrected chi connectivity index (χ3v) is 4.88. The maximum atomic E-state index is 12.3. The van der Waals surface area contributed by atoms with Gasteiger partial charge in [-0.05, 0) is 33.4 Å². The van der Waals surface area contributed by atoms with Crippen molar-refractivity contribution in [3.8, 4) is 0 Å². The summed E-state index contributed by atoms with van der Waals surface area (Å²) in [6.45, 7) is 3.94. The van der Waals surface area contributed by atoms with Crippen LogP contribution in [0.15, 0.2) is 12.2 Å².